The summed E-state index contributed by atoms with van der Waals surface area (Å²) in [6.07, 6.45) is 0.729. The third-order valence-electron chi connectivity index (χ3n) is 7.23. The van der Waals surface area contributed by atoms with E-state index in [0.29, 0.717) is 61.1 Å². The van der Waals surface area contributed by atoms with Crippen LogP contribution >= 0.6 is 0 Å². The van der Waals surface area contributed by atoms with Crippen LogP contribution in [0, 0.1) is 0 Å². The number of nitrogens with zero attached hydrogens (tertiary/aromatic N) is 3. The van der Waals surface area contributed by atoms with Crippen molar-refractivity contribution in [3.8, 4) is 17.2 Å². The average Bonchev–Trinajstić information content (AvgIpc) is 2.93. The molecular formula is C28H35N3O6. The highest BCUT2D eigenvalue weighted by Crippen LogP contribution is 2.48. The van der Waals surface area contributed by atoms with Crippen molar-refractivity contribution in [3.63, 3.8) is 0 Å². The molecule has 2 aliphatic heterocycles. The zero-order valence-electron chi connectivity index (χ0n) is 22.2. The maximum absolute atomic E-state index is 14.3. The van der Waals surface area contributed by atoms with Gasteiger partial charge in [0, 0.05) is 45.2 Å². The maximum Gasteiger partial charge on any atom is 0.254 e. The molecule has 0 aliphatic carbocycles. The highest BCUT2D eigenvalue weighted by Gasteiger charge is 2.46. The lowest BCUT2D eigenvalue weighted by molar-refractivity contribution is -0.140. The van der Waals surface area contributed by atoms with Gasteiger partial charge in [-0.15, -0.1) is 0 Å². The Balaban J connectivity index is 1.86. The molecule has 2 heterocycles. The summed E-state index contributed by atoms with van der Waals surface area (Å²) in [5.74, 6) is 0.560. The van der Waals surface area contributed by atoms with Crippen LogP contribution in [-0.4, -0.2) is 86.5 Å². The van der Waals surface area contributed by atoms with E-state index in [0.717, 1.165) is 12.0 Å². The summed E-state index contributed by atoms with van der Waals surface area (Å²) in [5.41, 5.74) is 1.98. The Hall–Kier alpha value is -3.75. The van der Waals surface area contributed by atoms with Gasteiger partial charge < -0.3 is 28.9 Å². The second-order valence-electron chi connectivity index (χ2n) is 9.30. The van der Waals surface area contributed by atoms with Gasteiger partial charge in [0.25, 0.3) is 5.91 Å². The maximum atomic E-state index is 14.3. The first kappa shape index (κ1) is 26.3. The van der Waals surface area contributed by atoms with Crippen LogP contribution in [0.1, 0.15) is 53.7 Å². The number of fused-ring (bicyclic) bond motifs is 1. The highest BCUT2D eigenvalue weighted by molar-refractivity contribution is 6.01. The summed E-state index contributed by atoms with van der Waals surface area (Å²) in [5, 5.41) is 0. The van der Waals surface area contributed by atoms with Crippen molar-refractivity contribution in [2.75, 3.05) is 54.1 Å². The first-order valence-corrected chi connectivity index (χ1v) is 12.6. The molecule has 0 bridgehead atoms. The fourth-order valence-corrected chi connectivity index (χ4v) is 5.43. The number of methoxy groups -OCH3 is 3. The summed E-state index contributed by atoms with van der Waals surface area (Å²) in [7, 11) is 4.63. The first-order chi connectivity index (χ1) is 17.9. The second kappa shape index (κ2) is 11.1. The van der Waals surface area contributed by atoms with Gasteiger partial charge in [-0.2, -0.15) is 0 Å². The molecule has 0 spiro atoms. The molecule has 1 fully saturated rings. The number of carbonyl (C=O) groups excluding carboxylic acids is 3. The van der Waals surface area contributed by atoms with Crippen LogP contribution in [0.2, 0.25) is 0 Å². The van der Waals surface area contributed by atoms with Crippen molar-refractivity contribution in [1.29, 1.82) is 0 Å². The molecule has 37 heavy (non-hydrogen) atoms. The Bertz CT molecular complexity index is 1150. The van der Waals surface area contributed by atoms with Crippen LogP contribution < -0.4 is 14.2 Å². The molecule has 4 rings (SSSR count). The van der Waals surface area contributed by atoms with E-state index in [2.05, 4.69) is 0 Å². The van der Waals surface area contributed by atoms with Crippen molar-refractivity contribution < 1.29 is 28.6 Å². The summed E-state index contributed by atoms with van der Waals surface area (Å²) in [6, 6.07) is 10.4. The summed E-state index contributed by atoms with van der Waals surface area (Å²) >= 11 is 0. The molecule has 9 heteroatoms. The Morgan fingerprint density at radius 2 is 1.51 bits per heavy atom. The van der Waals surface area contributed by atoms with Crippen LogP contribution in [0.5, 0.6) is 17.2 Å². The number of hydrogen-bond acceptors (Lipinski definition) is 6. The Labute approximate surface area is 217 Å². The minimum absolute atomic E-state index is 0.00475. The molecule has 3 amide bonds. The molecule has 0 unspecified atom stereocenters. The number of rotatable bonds is 7. The number of ether oxygens (including phenoxy) is 3. The molecule has 0 radical (unpaired) electrons. The first-order valence-electron chi connectivity index (χ1n) is 12.6. The lowest BCUT2D eigenvalue weighted by Crippen LogP contribution is -2.54. The van der Waals surface area contributed by atoms with E-state index in [4.69, 9.17) is 14.2 Å². The molecule has 0 aromatic heterocycles. The van der Waals surface area contributed by atoms with Crippen molar-refractivity contribution in [2.24, 2.45) is 0 Å². The zero-order chi connectivity index (χ0) is 26.7. The monoisotopic (exact) mass is 509 g/mol. The normalized spacial score (nSPS) is 19.4. The average molecular weight is 510 g/mol. The Morgan fingerprint density at radius 1 is 0.919 bits per heavy atom. The molecule has 9 nitrogen and oxygen atoms in total. The highest BCUT2D eigenvalue weighted by atomic mass is 16.5. The third kappa shape index (κ3) is 4.82. The molecule has 0 saturated carbocycles. The smallest absolute Gasteiger partial charge is 0.254 e. The molecule has 2 aromatic rings. The molecule has 2 aromatic carbocycles. The quantitative estimate of drug-likeness (QED) is 0.570. The van der Waals surface area contributed by atoms with Gasteiger partial charge in [0.15, 0.2) is 11.5 Å². The van der Waals surface area contributed by atoms with Crippen LogP contribution in [0.4, 0.5) is 0 Å². The minimum Gasteiger partial charge on any atom is -0.493 e. The SMILES string of the molecule is CCCN1C(=O)c2ccccc2[C@@H](C(=O)N2CCN(C(C)=O)CC2)[C@@H]1c1cc(OC)c(OC)c(OC)c1. The molecule has 198 valence electrons. The Morgan fingerprint density at radius 3 is 2.05 bits per heavy atom. The lowest BCUT2D eigenvalue weighted by Gasteiger charge is -2.44. The predicted molar refractivity (Wildman–Crippen MR) is 138 cm³/mol. The van der Waals surface area contributed by atoms with Gasteiger partial charge in [-0.1, -0.05) is 25.1 Å². The van der Waals surface area contributed by atoms with E-state index in [-0.39, 0.29) is 17.7 Å². The van der Waals surface area contributed by atoms with Gasteiger partial charge in [0.05, 0.1) is 33.3 Å². The molecule has 2 atom stereocenters. The van der Waals surface area contributed by atoms with Crippen LogP contribution in [-0.2, 0) is 9.59 Å². The standard InChI is InChI=1S/C28H35N3O6/c1-6-11-31-25(19-16-22(35-3)26(37-5)23(17-19)36-4)24(20-9-7-8-10-21(20)27(31)33)28(34)30-14-12-29(13-15-30)18(2)32/h7-10,16-17,24-25H,6,11-15H2,1-5H3/t24-,25+/m1/s1. The molecular weight excluding hydrogens is 474 g/mol. The second-order valence-corrected chi connectivity index (χ2v) is 9.30. The number of carbonyl (C=O) groups is 3. The minimum atomic E-state index is -0.632. The van der Waals surface area contributed by atoms with Crippen LogP contribution in [0.3, 0.4) is 0 Å². The van der Waals surface area contributed by atoms with Gasteiger partial charge in [-0.25, -0.2) is 0 Å². The fraction of sp³-hybridized carbons (Fsp3) is 0.464. The number of benzene rings is 2. The molecule has 2 aliphatic rings. The topological polar surface area (TPSA) is 88.6 Å². The summed E-state index contributed by atoms with van der Waals surface area (Å²) in [4.78, 5) is 45.2. The number of piperazine rings is 1. The van der Waals surface area contributed by atoms with Gasteiger partial charge in [-0.3, -0.25) is 14.4 Å². The van der Waals surface area contributed by atoms with E-state index in [1.807, 2.05) is 42.2 Å². The fourth-order valence-electron chi connectivity index (χ4n) is 5.43. The van der Waals surface area contributed by atoms with Crippen molar-refractivity contribution >= 4 is 17.7 Å². The van der Waals surface area contributed by atoms with Crippen LogP contribution in [0.15, 0.2) is 36.4 Å². The number of hydrogen-bond donors (Lipinski definition) is 0. The van der Waals surface area contributed by atoms with Crippen molar-refractivity contribution in [1.82, 2.24) is 14.7 Å². The van der Waals surface area contributed by atoms with Crippen molar-refractivity contribution in [2.45, 2.75) is 32.2 Å². The summed E-state index contributed by atoms with van der Waals surface area (Å²) < 4.78 is 16.7. The number of amides is 3. The van der Waals surface area contributed by atoms with Gasteiger partial charge in [0.2, 0.25) is 17.6 Å². The van der Waals surface area contributed by atoms with Gasteiger partial charge >= 0.3 is 0 Å². The Kier molecular flexibility index (Phi) is 7.90. The molecule has 0 N–H and O–H groups in total. The van der Waals surface area contributed by atoms with E-state index < -0.39 is 12.0 Å². The van der Waals surface area contributed by atoms with E-state index in [9.17, 15) is 14.4 Å². The third-order valence-corrected chi connectivity index (χ3v) is 7.23. The zero-order valence-corrected chi connectivity index (χ0v) is 22.2. The van der Waals surface area contributed by atoms with E-state index in [1.54, 1.807) is 37.0 Å². The van der Waals surface area contributed by atoms with E-state index >= 15 is 0 Å². The summed E-state index contributed by atoms with van der Waals surface area (Å²) in [6.45, 7) is 5.91. The van der Waals surface area contributed by atoms with E-state index in [1.165, 1.54) is 7.11 Å². The van der Waals surface area contributed by atoms with Gasteiger partial charge in [0.1, 0.15) is 0 Å². The van der Waals surface area contributed by atoms with Crippen LogP contribution in [0.25, 0.3) is 0 Å². The predicted octanol–water partition coefficient (Wildman–Crippen LogP) is 3.09. The van der Waals surface area contributed by atoms with Gasteiger partial charge in [-0.05, 0) is 35.7 Å². The largest absolute Gasteiger partial charge is 0.493 e. The molecule has 1 saturated heterocycles. The van der Waals surface area contributed by atoms with Crippen molar-refractivity contribution in [3.05, 3.63) is 53.1 Å². The lowest BCUT2D eigenvalue weighted by atomic mass is 9.78.